The molecular formula is C22H12F6N2. The predicted octanol–water partition coefficient (Wildman–Crippen LogP) is 7.00. The Bertz CT molecular complexity index is 1100. The Labute approximate surface area is 166 Å². The van der Waals surface area contributed by atoms with Crippen LogP contribution in [0.1, 0.15) is 11.1 Å². The van der Waals surface area contributed by atoms with E-state index in [9.17, 15) is 26.3 Å². The highest BCUT2D eigenvalue weighted by Gasteiger charge is 2.30. The number of fused-ring (bicyclic) bond motifs is 1. The van der Waals surface area contributed by atoms with Crippen molar-refractivity contribution in [1.82, 2.24) is 9.97 Å². The van der Waals surface area contributed by atoms with Gasteiger partial charge in [-0.25, -0.2) is 9.97 Å². The second-order valence-corrected chi connectivity index (χ2v) is 6.59. The third kappa shape index (κ3) is 3.98. The summed E-state index contributed by atoms with van der Waals surface area (Å²) in [5, 5.41) is 0.696. The Hall–Kier alpha value is -3.42. The van der Waals surface area contributed by atoms with E-state index in [2.05, 4.69) is 9.97 Å². The predicted molar refractivity (Wildman–Crippen MR) is 100 cm³/mol. The molecule has 0 atom stereocenters. The summed E-state index contributed by atoms with van der Waals surface area (Å²) in [6.07, 6.45) is -8.85. The molecule has 0 bridgehead atoms. The first-order chi connectivity index (χ1) is 14.1. The van der Waals surface area contributed by atoms with Crippen molar-refractivity contribution < 1.29 is 26.3 Å². The topological polar surface area (TPSA) is 25.8 Å². The highest BCUT2D eigenvalue weighted by molar-refractivity contribution is 5.81. The van der Waals surface area contributed by atoms with Crippen LogP contribution in [-0.2, 0) is 12.4 Å². The molecule has 0 unspecified atom stereocenters. The van der Waals surface area contributed by atoms with E-state index in [0.717, 1.165) is 24.3 Å². The Morgan fingerprint density at radius 2 is 0.833 bits per heavy atom. The van der Waals surface area contributed by atoms with Crippen LogP contribution in [0.2, 0.25) is 0 Å². The van der Waals surface area contributed by atoms with Crippen molar-refractivity contribution in [3.8, 4) is 22.5 Å². The zero-order valence-corrected chi connectivity index (χ0v) is 15.1. The highest BCUT2D eigenvalue weighted by Crippen LogP contribution is 2.32. The maximum Gasteiger partial charge on any atom is 0.416 e. The van der Waals surface area contributed by atoms with E-state index in [-0.39, 0.29) is 0 Å². The third-order valence-corrected chi connectivity index (χ3v) is 4.57. The van der Waals surface area contributed by atoms with Gasteiger partial charge in [0.05, 0.1) is 22.5 Å². The molecule has 8 heteroatoms. The average molecular weight is 418 g/mol. The van der Waals surface area contributed by atoms with Crippen LogP contribution in [0.4, 0.5) is 26.3 Å². The van der Waals surface area contributed by atoms with Gasteiger partial charge in [0.25, 0.3) is 0 Å². The third-order valence-electron chi connectivity index (χ3n) is 4.57. The van der Waals surface area contributed by atoms with Crippen molar-refractivity contribution in [3.05, 3.63) is 83.9 Å². The lowest BCUT2D eigenvalue weighted by atomic mass is 10.1. The summed E-state index contributed by atoms with van der Waals surface area (Å²) in [6.45, 7) is 0. The minimum Gasteiger partial charge on any atom is -0.228 e. The van der Waals surface area contributed by atoms with E-state index in [0.29, 0.717) is 33.5 Å². The largest absolute Gasteiger partial charge is 0.416 e. The summed E-state index contributed by atoms with van der Waals surface area (Å²) in [5.74, 6) is 0. The maximum atomic E-state index is 12.7. The number of nitrogens with zero attached hydrogens (tertiary/aromatic N) is 2. The number of pyridine rings is 2. The molecule has 0 saturated heterocycles. The normalized spacial score (nSPS) is 12.3. The second kappa shape index (κ2) is 7.12. The van der Waals surface area contributed by atoms with Crippen LogP contribution in [0.25, 0.3) is 33.5 Å². The quantitative estimate of drug-likeness (QED) is 0.328. The van der Waals surface area contributed by atoms with Crippen LogP contribution in [0.5, 0.6) is 0 Å². The van der Waals surface area contributed by atoms with Crippen molar-refractivity contribution in [2.24, 2.45) is 0 Å². The minimum absolute atomic E-state index is 0.338. The Kier molecular flexibility index (Phi) is 4.72. The van der Waals surface area contributed by atoms with Crippen molar-refractivity contribution in [3.63, 3.8) is 0 Å². The Morgan fingerprint density at radius 1 is 0.467 bits per heavy atom. The molecule has 4 rings (SSSR count). The summed E-state index contributed by atoms with van der Waals surface area (Å²) in [5.41, 5.74) is 0.689. The lowest BCUT2D eigenvalue weighted by Crippen LogP contribution is -2.04. The molecule has 2 heterocycles. The van der Waals surface area contributed by atoms with Gasteiger partial charge >= 0.3 is 12.4 Å². The summed E-state index contributed by atoms with van der Waals surface area (Å²) in [7, 11) is 0. The average Bonchev–Trinajstić information content (AvgIpc) is 2.72. The number of benzene rings is 2. The van der Waals surface area contributed by atoms with Crippen molar-refractivity contribution in [2.45, 2.75) is 12.4 Å². The number of aromatic nitrogens is 2. The lowest BCUT2D eigenvalue weighted by Gasteiger charge is -2.09. The number of hydrogen-bond donors (Lipinski definition) is 0. The molecule has 0 fully saturated rings. The molecular weight excluding hydrogens is 406 g/mol. The standard InChI is InChI=1S/C22H12F6N2/c23-21(24,25)16-7-1-13(2-8-16)18-11-5-15-6-12-19(30-20(15)29-18)14-3-9-17(10-4-14)22(26,27)28/h1-12H. The molecule has 2 aromatic heterocycles. The fraction of sp³-hybridized carbons (Fsp3) is 0.0909. The Balaban J connectivity index is 1.69. The first-order valence-corrected chi connectivity index (χ1v) is 8.74. The van der Waals surface area contributed by atoms with E-state index >= 15 is 0 Å². The van der Waals surface area contributed by atoms with Crippen LogP contribution in [0.3, 0.4) is 0 Å². The Morgan fingerprint density at radius 3 is 1.17 bits per heavy atom. The van der Waals surface area contributed by atoms with Gasteiger partial charge in [0.1, 0.15) is 0 Å². The van der Waals surface area contributed by atoms with E-state index in [4.69, 9.17) is 0 Å². The maximum absolute atomic E-state index is 12.7. The first-order valence-electron chi connectivity index (χ1n) is 8.74. The summed E-state index contributed by atoms with van der Waals surface area (Å²) in [6, 6.07) is 16.1. The molecule has 4 aromatic rings. The van der Waals surface area contributed by atoms with Gasteiger partial charge in [0.2, 0.25) is 0 Å². The number of rotatable bonds is 2. The van der Waals surface area contributed by atoms with Gasteiger partial charge in [-0.15, -0.1) is 0 Å². The van der Waals surface area contributed by atoms with Crippen LogP contribution in [0, 0.1) is 0 Å². The van der Waals surface area contributed by atoms with E-state index in [1.54, 1.807) is 24.3 Å². The molecule has 2 aromatic carbocycles. The smallest absolute Gasteiger partial charge is 0.228 e. The van der Waals surface area contributed by atoms with Gasteiger partial charge in [0.15, 0.2) is 5.65 Å². The van der Waals surface area contributed by atoms with Gasteiger partial charge in [-0.3, -0.25) is 0 Å². The fourth-order valence-corrected chi connectivity index (χ4v) is 2.98. The highest BCUT2D eigenvalue weighted by atomic mass is 19.4. The summed E-state index contributed by atoms with van der Waals surface area (Å²) >= 11 is 0. The molecule has 0 spiro atoms. The van der Waals surface area contributed by atoms with Crippen molar-refractivity contribution >= 4 is 11.0 Å². The van der Waals surface area contributed by atoms with Gasteiger partial charge in [-0.05, 0) is 48.5 Å². The van der Waals surface area contributed by atoms with Crippen molar-refractivity contribution in [2.75, 3.05) is 0 Å². The molecule has 0 aliphatic rings. The van der Waals surface area contributed by atoms with E-state index in [1.165, 1.54) is 24.3 Å². The van der Waals surface area contributed by atoms with Gasteiger partial charge in [-0.2, -0.15) is 26.3 Å². The zero-order valence-electron chi connectivity index (χ0n) is 15.1. The molecule has 0 aliphatic carbocycles. The molecule has 152 valence electrons. The molecule has 2 nitrogen and oxygen atoms in total. The van der Waals surface area contributed by atoms with Crippen LogP contribution >= 0.6 is 0 Å². The number of hydrogen-bond acceptors (Lipinski definition) is 2. The van der Waals surface area contributed by atoms with Gasteiger partial charge in [0, 0.05) is 16.5 Å². The first kappa shape index (κ1) is 19.9. The molecule has 0 saturated carbocycles. The van der Waals surface area contributed by atoms with E-state index < -0.39 is 23.5 Å². The van der Waals surface area contributed by atoms with E-state index in [1.807, 2.05) is 0 Å². The molecule has 0 radical (unpaired) electrons. The SMILES string of the molecule is FC(F)(F)c1ccc(-c2ccc3ccc(-c4ccc(C(F)(F)F)cc4)nc3n2)cc1. The van der Waals surface area contributed by atoms with Crippen LogP contribution < -0.4 is 0 Å². The minimum atomic E-state index is -4.42. The molecule has 0 aliphatic heterocycles. The summed E-state index contributed by atoms with van der Waals surface area (Å²) in [4.78, 5) is 8.82. The lowest BCUT2D eigenvalue weighted by molar-refractivity contribution is -0.138. The van der Waals surface area contributed by atoms with Crippen LogP contribution in [0.15, 0.2) is 72.8 Å². The number of alkyl halides is 6. The summed E-state index contributed by atoms with van der Waals surface area (Å²) < 4.78 is 76.4. The monoisotopic (exact) mass is 418 g/mol. The molecule has 0 N–H and O–H groups in total. The molecule has 30 heavy (non-hydrogen) atoms. The van der Waals surface area contributed by atoms with Gasteiger partial charge in [-0.1, -0.05) is 24.3 Å². The van der Waals surface area contributed by atoms with Gasteiger partial charge < -0.3 is 0 Å². The second-order valence-electron chi connectivity index (χ2n) is 6.59. The van der Waals surface area contributed by atoms with Crippen LogP contribution in [-0.4, -0.2) is 9.97 Å². The zero-order chi connectivity index (χ0) is 21.5. The fourth-order valence-electron chi connectivity index (χ4n) is 2.98. The molecule has 0 amide bonds. The van der Waals surface area contributed by atoms with Crippen molar-refractivity contribution in [1.29, 1.82) is 0 Å². The number of halogens is 6.